The van der Waals surface area contributed by atoms with Crippen molar-refractivity contribution in [2.45, 2.75) is 12.7 Å². The SMILES string of the molecule is COC(=O)c1ccc(CN2CCNCC2)c(C(F)(F)F)c1. The molecule has 1 fully saturated rings. The molecule has 1 aliphatic rings. The molecule has 21 heavy (non-hydrogen) atoms. The summed E-state index contributed by atoms with van der Waals surface area (Å²) in [5.74, 6) is -0.769. The monoisotopic (exact) mass is 302 g/mol. The minimum atomic E-state index is -4.49. The van der Waals surface area contributed by atoms with Crippen LogP contribution in [0.1, 0.15) is 21.5 Å². The van der Waals surface area contributed by atoms with Crippen LogP contribution in [-0.2, 0) is 17.5 Å². The number of benzene rings is 1. The number of nitrogens with one attached hydrogen (secondary N) is 1. The van der Waals surface area contributed by atoms with Gasteiger partial charge in [-0.25, -0.2) is 4.79 Å². The van der Waals surface area contributed by atoms with Gasteiger partial charge in [0.15, 0.2) is 0 Å². The van der Waals surface area contributed by atoms with Gasteiger partial charge in [0, 0.05) is 32.7 Å². The van der Waals surface area contributed by atoms with Gasteiger partial charge in [-0.15, -0.1) is 0 Å². The Labute approximate surface area is 120 Å². The largest absolute Gasteiger partial charge is 0.465 e. The van der Waals surface area contributed by atoms with Crippen molar-refractivity contribution in [3.05, 3.63) is 34.9 Å². The van der Waals surface area contributed by atoms with Crippen molar-refractivity contribution >= 4 is 5.97 Å². The number of halogens is 3. The first-order valence-corrected chi connectivity index (χ1v) is 6.63. The standard InChI is InChI=1S/C14H17F3N2O2/c1-21-13(20)10-2-3-11(12(8-10)14(15,16)17)9-19-6-4-18-5-7-19/h2-3,8,18H,4-7,9H2,1H3. The van der Waals surface area contributed by atoms with E-state index in [1.54, 1.807) is 0 Å². The van der Waals surface area contributed by atoms with Crippen molar-refractivity contribution in [3.8, 4) is 0 Å². The fraction of sp³-hybridized carbons (Fsp3) is 0.500. The van der Waals surface area contributed by atoms with Crippen molar-refractivity contribution < 1.29 is 22.7 Å². The molecule has 1 saturated heterocycles. The van der Waals surface area contributed by atoms with Crippen LogP contribution in [0.15, 0.2) is 18.2 Å². The van der Waals surface area contributed by atoms with Gasteiger partial charge >= 0.3 is 12.1 Å². The summed E-state index contributed by atoms with van der Waals surface area (Å²) in [7, 11) is 1.14. The van der Waals surface area contributed by atoms with Crippen LogP contribution in [0.25, 0.3) is 0 Å². The summed E-state index contributed by atoms with van der Waals surface area (Å²) in [4.78, 5) is 13.3. The van der Waals surface area contributed by atoms with E-state index in [9.17, 15) is 18.0 Å². The van der Waals surface area contributed by atoms with Crippen LogP contribution in [0.2, 0.25) is 0 Å². The fourth-order valence-corrected chi connectivity index (χ4v) is 2.33. The van der Waals surface area contributed by atoms with E-state index in [1.807, 2.05) is 4.90 Å². The summed E-state index contributed by atoms with van der Waals surface area (Å²) in [6.45, 7) is 3.16. The lowest BCUT2D eigenvalue weighted by Crippen LogP contribution is -2.43. The van der Waals surface area contributed by atoms with Crippen LogP contribution in [0.3, 0.4) is 0 Å². The van der Waals surface area contributed by atoms with E-state index in [1.165, 1.54) is 12.1 Å². The van der Waals surface area contributed by atoms with Crippen molar-refractivity contribution in [1.29, 1.82) is 0 Å². The summed E-state index contributed by atoms with van der Waals surface area (Å²) >= 11 is 0. The van der Waals surface area contributed by atoms with Crippen molar-refractivity contribution in [1.82, 2.24) is 10.2 Å². The quantitative estimate of drug-likeness (QED) is 0.866. The maximum absolute atomic E-state index is 13.2. The second-order valence-corrected chi connectivity index (χ2v) is 4.89. The smallest absolute Gasteiger partial charge is 0.416 e. The van der Waals surface area contributed by atoms with Crippen LogP contribution in [0.5, 0.6) is 0 Å². The fourth-order valence-electron chi connectivity index (χ4n) is 2.33. The first-order chi connectivity index (χ1) is 9.91. The number of alkyl halides is 3. The highest BCUT2D eigenvalue weighted by Crippen LogP contribution is 2.33. The maximum atomic E-state index is 13.2. The van der Waals surface area contributed by atoms with Gasteiger partial charge < -0.3 is 10.1 Å². The average Bonchev–Trinajstić information content (AvgIpc) is 2.47. The minimum Gasteiger partial charge on any atom is -0.465 e. The Morgan fingerprint density at radius 1 is 1.33 bits per heavy atom. The van der Waals surface area contributed by atoms with Gasteiger partial charge in [0.2, 0.25) is 0 Å². The summed E-state index contributed by atoms with van der Waals surface area (Å²) in [5.41, 5.74) is -0.685. The van der Waals surface area contributed by atoms with Crippen molar-refractivity contribution in [2.75, 3.05) is 33.3 Å². The normalized spacial score (nSPS) is 16.8. The molecule has 0 aliphatic carbocycles. The van der Waals surface area contributed by atoms with Crippen LogP contribution in [0, 0.1) is 0 Å². The van der Waals surface area contributed by atoms with E-state index in [-0.39, 0.29) is 17.7 Å². The Morgan fingerprint density at radius 2 is 2.00 bits per heavy atom. The van der Waals surface area contributed by atoms with E-state index in [2.05, 4.69) is 10.1 Å². The zero-order chi connectivity index (χ0) is 15.5. The van der Waals surface area contributed by atoms with Crippen LogP contribution < -0.4 is 5.32 Å². The van der Waals surface area contributed by atoms with Crippen LogP contribution in [-0.4, -0.2) is 44.2 Å². The molecule has 1 N–H and O–H groups in total. The predicted molar refractivity (Wildman–Crippen MR) is 70.9 cm³/mol. The number of hydrogen-bond donors (Lipinski definition) is 1. The Balaban J connectivity index is 2.28. The number of carbonyl (C=O) groups excluding carboxylic acids is 1. The zero-order valence-electron chi connectivity index (χ0n) is 11.7. The highest BCUT2D eigenvalue weighted by atomic mass is 19.4. The van der Waals surface area contributed by atoms with Crippen LogP contribution >= 0.6 is 0 Å². The first-order valence-electron chi connectivity index (χ1n) is 6.63. The molecule has 4 nitrogen and oxygen atoms in total. The molecule has 1 aliphatic heterocycles. The number of methoxy groups -OCH3 is 1. The number of nitrogens with zero attached hydrogens (tertiary/aromatic N) is 1. The first kappa shape index (κ1) is 15.8. The molecular weight excluding hydrogens is 285 g/mol. The maximum Gasteiger partial charge on any atom is 0.416 e. The summed E-state index contributed by atoms with van der Waals surface area (Å²) in [6, 6.07) is 3.60. The summed E-state index contributed by atoms with van der Waals surface area (Å²) in [6.07, 6.45) is -4.49. The van der Waals surface area contributed by atoms with Gasteiger partial charge in [-0.3, -0.25) is 4.90 Å². The second kappa shape index (κ2) is 6.44. The molecule has 116 valence electrons. The van der Waals surface area contributed by atoms with E-state index in [0.29, 0.717) is 13.1 Å². The molecule has 0 atom stereocenters. The van der Waals surface area contributed by atoms with Gasteiger partial charge in [-0.05, 0) is 17.7 Å². The third-order valence-electron chi connectivity index (χ3n) is 3.44. The van der Waals surface area contributed by atoms with Crippen molar-refractivity contribution in [2.24, 2.45) is 0 Å². The Bertz CT molecular complexity index is 511. The molecule has 0 unspecified atom stereocenters. The number of carbonyl (C=O) groups is 1. The number of esters is 1. The van der Waals surface area contributed by atoms with Gasteiger partial charge in [-0.2, -0.15) is 13.2 Å². The molecule has 0 bridgehead atoms. The van der Waals surface area contributed by atoms with E-state index in [0.717, 1.165) is 26.3 Å². The molecule has 0 saturated carbocycles. The van der Waals surface area contributed by atoms with E-state index in [4.69, 9.17) is 0 Å². The Hall–Kier alpha value is -1.60. The summed E-state index contributed by atoms with van der Waals surface area (Å²) < 4.78 is 44.0. The zero-order valence-corrected chi connectivity index (χ0v) is 11.7. The lowest BCUT2D eigenvalue weighted by Gasteiger charge is -2.28. The summed E-state index contributed by atoms with van der Waals surface area (Å²) in [5, 5.41) is 3.15. The Kier molecular flexibility index (Phi) is 4.84. The van der Waals surface area contributed by atoms with Gasteiger partial charge in [0.1, 0.15) is 0 Å². The lowest BCUT2D eigenvalue weighted by atomic mass is 10.0. The van der Waals surface area contributed by atoms with Gasteiger partial charge in [0.25, 0.3) is 0 Å². The number of rotatable bonds is 3. The van der Waals surface area contributed by atoms with Gasteiger partial charge in [-0.1, -0.05) is 6.07 Å². The highest BCUT2D eigenvalue weighted by Gasteiger charge is 2.34. The van der Waals surface area contributed by atoms with Crippen LogP contribution in [0.4, 0.5) is 13.2 Å². The molecule has 0 radical (unpaired) electrons. The molecule has 0 spiro atoms. The number of piperazine rings is 1. The lowest BCUT2D eigenvalue weighted by molar-refractivity contribution is -0.138. The third-order valence-corrected chi connectivity index (χ3v) is 3.44. The molecule has 2 rings (SSSR count). The molecular formula is C14H17F3N2O2. The second-order valence-electron chi connectivity index (χ2n) is 4.89. The Morgan fingerprint density at radius 3 is 2.57 bits per heavy atom. The van der Waals surface area contributed by atoms with Crippen molar-refractivity contribution in [3.63, 3.8) is 0 Å². The number of hydrogen-bond acceptors (Lipinski definition) is 4. The highest BCUT2D eigenvalue weighted by molar-refractivity contribution is 5.89. The molecule has 7 heteroatoms. The average molecular weight is 302 g/mol. The third kappa shape index (κ3) is 3.95. The number of ether oxygens (including phenoxy) is 1. The molecule has 0 amide bonds. The molecule has 1 aromatic carbocycles. The minimum absolute atomic E-state index is 0.0890. The van der Waals surface area contributed by atoms with Gasteiger partial charge in [0.05, 0.1) is 18.2 Å². The van der Waals surface area contributed by atoms with E-state index >= 15 is 0 Å². The van der Waals surface area contributed by atoms with E-state index < -0.39 is 17.7 Å². The predicted octanol–water partition coefficient (Wildman–Crippen LogP) is 1.90. The molecule has 0 aromatic heterocycles. The topological polar surface area (TPSA) is 41.6 Å². The molecule has 1 aromatic rings. The molecule has 1 heterocycles.